The van der Waals surface area contributed by atoms with Gasteiger partial charge < -0.3 is 15.1 Å². The largest absolute Gasteiger partial charge is 0.466 e. The number of aryl methyl sites for hydroxylation is 3. The number of hydrogen-bond donors (Lipinski definition) is 2. The van der Waals surface area contributed by atoms with Gasteiger partial charge in [0.2, 0.25) is 5.91 Å². The van der Waals surface area contributed by atoms with Crippen LogP contribution >= 0.6 is 0 Å². The summed E-state index contributed by atoms with van der Waals surface area (Å²) in [7, 11) is 0. The Balaban J connectivity index is 2.22. The summed E-state index contributed by atoms with van der Waals surface area (Å²) in [5.74, 6) is 1.78. The van der Waals surface area contributed by atoms with Gasteiger partial charge in [-0.2, -0.15) is 0 Å². The lowest BCUT2D eigenvalue weighted by Crippen LogP contribution is -2.10. The molecule has 1 unspecified atom stereocenters. The van der Waals surface area contributed by atoms with E-state index in [4.69, 9.17) is 4.42 Å². The molecular weight excluding hydrogens is 264 g/mol. The molecule has 2 N–H and O–H groups in total. The number of hydrogen-bond acceptors (Lipinski definition) is 3. The van der Waals surface area contributed by atoms with Gasteiger partial charge >= 0.3 is 0 Å². The number of carbonyl (C=O) groups excluding carboxylic acids is 1. The first-order valence-corrected chi connectivity index (χ1v) is 7.08. The molecule has 0 radical (unpaired) electrons. The van der Waals surface area contributed by atoms with Gasteiger partial charge in [-0.15, -0.1) is 0 Å². The van der Waals surface area contributed by atoms with E-state index in [1.54, 1.807) is 0 Å². The second-order valence-corrected chi connectivity index (χ2v) is 5.45. The SMILES string of the molecule is CC(=O)Nc1ccc(C)c(NC(C)c2cc(C)oc2C)c1. The molecule has 0 bridgehead atoms. The Morgan fingerprint density at radius 3 is 2.48 bits per heavy atom. The van der Waals surface area contributed by atoms with Crippen LogP contribution in [0.15, 0.2) is 28.7 Å². The Bertz CT molecular complexity index is 659. The van der Waals surface area contributed by atoms with E-state index in [1.165, 1.54) is 6.92 Å². The van der Waals surface area contributed by atoms with E-state index in [2.05, 4.69) is 23.6 Å². The number of nitrogens with one attached hydrogen (secondary N) is 2. The number of furan rings is 1. The van der Waals surface area contributed by atoms with E-state index in [1.807, 2.05) is 39.0 Å². The lowest BCUT2D eigenvalue weighted by atomic mass is 10.1. The predicted molar refractivity (Wildman–Crippen MR) is 85.7 cm³/mol. The maximum Gasteiger partial charge on any atom is 0.221 e. The average Bonchev–Trinajstić information content (AvgIpc) is 2.72. The van der Waals surface area contributed by atoms with Crippen molar-refractivity contribution >= 4 is 17.3 Å². The van der Waals surface area contributed by atoms with E-state index in [-0.39, 0.29) is 11.9 Å². The van der Waals surface area contributed by atoms with E-state index < -0.39 is 0 Å². The van der Waals surface area contributed by atoms with Crippen molar-refractivity contribution in [2.75, 3.05) is 10.6 Å². The van der Waals surface area contributed by atoms with Crippen LogP contribution in [-0.4, -0.2) is 5.91 Å². The van der Waals surface area contributed by atoms with E-state index >= 15 is 0 Å². The van der Waals surface area contributed by atoms with Crippen molar-refractivity contribution in [3.8, 4) is 0 Å². The lowest BCUT2D eigenvalue weighted by molar-refractivity contribution is -0.114. The van der Waals surface area contributed by atoms with Crippen LogP contribution in [-0.2, 0) is 4.79 Å². The summed E-state index contributed by atoms with van der Waals surface area (Å²) in [6.45, 7) is 9.57. The molecule has 1 aromatic carbocycles. The molecule has 4 nitrogen and oxygen atoms in total. The Morgan fingerprint density at radius 2 is 1.90 bits per heavy atom. The monoisotopic (exact) mass is 286 g/mol. The summed E-state index contributed by atoms with van der Waals surface area (Å²) in [5.41, 5.74) is 4.08. The molecule has 0 aliphatic carbocycles. The van der Waals surface area contributed by atoms with Gasteiger partial charge in [0.1, 0.15) is 11.5 Å². The van der Waals surface area contributed by atoms with Crippen LogP contribution in [0.2, 0.25) is 0 Å². The topological polar surface area (TPSA) is 54.3 Å². The average molecular weight is 286 g/mol. The van der Waals surface area contributed by atoms with Crippen LogP contribution in [0.1, 0.15) is 42.5 Å². The second kappa shape index (κ2) is 6.04. The molecular formula is C17H22N2O2. The van der Waals surface area contributed by atoms with Crippen LogP contribution in [0.5, 0.6) is 0 Å². The first-order chi connectivity index (χ1) is 9.86. The quantitative estimate of drug-likeness (QED) is 0.879. The Hall–Kier alpha value is -2.23. The van der Waals surface area contributed by atoms with Gasteiger partial charge in [0, 0.05) is 23.9 Å². The van der Waals surface area contributed by atoms with Crippen molar-refractivity contribution in [3.63, 3.8) is 0 Å². The van der Waals surface area contributed by atoms with Crippen LogP contribution < -0.4 is 10.6 Å². The van der Waals surface area contributed by atoms with Crippen molar-refractivity contribution in [1.82, 2.24) is 0 Å². The molecule has 0 saturated carbocycles. The Morgan fingerprint density at radius 1 is 1.19 bits per heavy atom. The van der Waals surface area contributed by atoms with Crippen LogP contribution in [0.25, 0.3) is 0 Å². The van der Waals surface area contributed by atoms with Crippen molar-refractivity contribution < 1.29 is 9.21 Å². The van der Waals surface area contributed by atoms with Crippen molar-refractivity contribution in [3.05, 3.63) is 46.9 Å². The fraction of sp³-hybridized carbons (Fsp3) is 0.353. The number of benzene rings is 1. The van der Waals surface area contributed by atoms with E-state index in [0.29, 0.717) is 0 Å². The molecule has 0 spiro atoms. The first-order valence-electron chi connectivity index (χ1n) is 7.08. The molecule has 1 amide bonds. The second-order valence-electron chi connectivity index (χ2n) is 5.45. The number of carbonyl (C=O) groups is 1. The summed E-state index contributed by atoms with van der Waals surface area (Å²) in [6, 6.07) is 8.04. The van der Waals surface area contributed by atoms with Crippen LogP contribution in [0, 0.1) is 20.8 Å². The minimum absolute atomic E-state index is 0.0702. The third-order valence-electron chi connectivity index (χ3n) is 3.48. The molecule has 21 heavy (non-hydrogen) atoms. The zero-order valence-corrected chi connectivity index (χ0v) is 13.2. The molecule has 0 fully saturated rings. The van der Waals surface area contributed by atoms with Gasteiger partial charge in [-0.05, 0) is 51.5 Å². The first kappa shape index (κ1) is 15.2. The van der Waals surface area contributed by atoms with E-state index in [9.17, 15) is 4.79 Å². The van der Waals surface area contributed by atoms with Crippen molar-refractivity contribution in [2.45, 2.75) is 40.7 Å². The number of amides is 1. The highest BCUT2D eigenvalue weighted by atomic mass is 16.3. The van der Waals surface area contributed by atoms with Crippen LogP contribution in [0.4, 0.5) is 11.4 Å². The fourth-order valence-corrected chi connectivity index (χ4v) is 2.45. The molecule has 1 aromatic heterocycles. The highest BCUT2D eigenvalue weighted by molar-refractivity contribution is 5.89. The van der Waals surface area contributed by atoms with Gasteiger partial charge in [-0.25, -0.2) is 0 Å². The van der Waals surface area contributed by atoms with Crippen LogP contribution in [0.3, 0.4) is 0 Å². The number of rotatable bonds is 4. The van der Waals surface area contributed by atoms with Crippen molar-refractivity contribution in [2.24, 2.45) is 0 Å². The smallest absolute Gasteiger partial charge is 0.221 e. The summed E-state index contributed by atoms with van der Waals surface area (Å²) < 4.78 is 5.58. The summed E-state index contributed by atoms with van der Waals surface area (Å²) in [5, 5.41) is 6.29. The zero-order valence-electron chi connectivity index (χ0n) is 13.2. The molecule has 1 atom stereocenters. The maximum absolute atomic E-state index is 11.2. The van der Waals surface area contributed by atoms with Gasteiger partial charge in [0.05, 0.1) is 6.04 Å². The highest BCUT2D eigenvalue weighted by Gasteiger charge is 2.13. The molecule has 0 aliphatic rings. The summed E-state index contributed by atoms with van der Waals surface area (Å²) in [4.78, 5) is 11.2. The molecule has 1 heterocycles. The molecule has 0 aliphatic heterocycles. The molecule has 2 rings (SSSR count). The fourth-order valence-electron chi connectivity index (χ4n) is 2.45. The highest BCUT2D eigenvalue weighted by Crippen LogP contribution is 2.28. The van der Waals surface area contributed by atoms with Gasteiger partial charge in [-0.1, -0.05) is 6.07 Å². The number of anilines is 2. The molecule has 2 aromatic rings. The van der Waals surface area contributed by atoms with Gasteiger partial charge in [0.25, 0.3) is 0 Å². The minimum Gasteiger partial charge on any atom is -0.466 e. The summed E-state index contributed by atoms with van der Waals surface area (Å²) in [6.07, 6.45) is 0. The standard InChI is InChI=1S/C17H22N2O2/c1-10-6-7-15(19-14(5)20)9-17(10)18-12(3)16-8-11(2)21-13(16)4/h6-9,12,18H,1-5H3,(H,19,20). The summed E-state index contributed by atoms with van der Waals surface area (Å²) >= 11 is 0. The third kappa shape index (κ3) is 3.66. The maximum atomic E-state index is 11.2. The minimum atomic E-state index is -0.0702. The molecule has 112 valence electrons. The Labute approximate surface area is 125 Å². The molecule has 0 saturated heterocycles. The zero-order chi connectivity index (χ0) is 15.6. The molecule has 4 heteroatoms. The normalized spacial score (nSPS) is 12.0. The van der Waals surface area contributed by atoms with Gasteiger partial charge in [0.15, 0.2) is 0 Å². The van der Waals surface area contributed by atoms with E-state index in [0.717, 1.165) is 34.0 Å². The predicted octanol–water partition coefficient (Wildman–Crippen LogP) is 4.34. The Kier molecular flexibility index (Phi) is 4.36. The van der Waals surface area contributed by atoms with Gasteiger partial charge in [-0.3, -0.25) is 4.79 Å². The third-order valence-corrected chi connectivity index (χ3v) is 3.48. The lowest BCUT2D eigenvalue weighted by Gasteiger charge is -2.17. The van der Waals surface area contributed by atoms with Crippen molar-refractivity contribution in [1.29, 1.82) is 0 Å².